The number of fused-ring (bicyclic) bond motifs is 1. The zero-order valence-electron chi connectivity index (χ0n) is 9.20. The molecule has 1 N–H and O–H groups in total. The molecule has 2 heterocycles. The average molecular weight is 236 g/mol. The van der Waals surface area contributed by atoms with Gasteiger partial charge in [-0.05, 0) is 38.1 Å². The molecule has 1 aromatic carbocycles. The van der Waals surface area contributed by atoms with Gasteiger partial charge in [0.15, 0.2) is 0 Å². The highest BCUT2D eigenvalue weighted by atomic mass is 35.5. The molecule has 2 aromatic rings. The minimum absolute atomic E-state index is 0.467. The highest BCUT2D eigenvalue weighted by molar-refractivity contribution is 6.31. The fraction of sp³-hybridized carbons (Fsp3) is 0.417. The van der Waals surface area contributed by atoms with Gasteiger partial charge in [-0.1, -0.05) is 11.6 Å². The van der Waals surface area contributed by atoms with E-state index in [1.54, 1.807) is 0 Å². The molecule has 16 heavy (non-hydrogen) atoms. The number of hydrogen-bond donors (Lipinski definition) is 1. The SMILES string of the molecule is Cc1nn(C2CCNC2)c2cc(Cl)ccc12. The highest BCUT2D eigenvalue weighted by Crippen LogP contribution is 2.26. The van der Waals surface area contributed by atoms with Crippen LogP contribution in [0.5, 0.6) is 0 Å². The van der Waals surface area contributed by atoms with E-state index >= 15 is 0 Å². The Bertz CT molecular complexity index is 526. The molecule has 1 unspecified atom stereocenters. The monoisotopic (exact) mass is 235 g/mol. The van der Waals surface area contributed by atoms with Crippen molar-refractivity contribution >= 4 is 22.5 Å². The molecule has 1 aliphatic heterocycles. The largest absolute Gasteiger partial charge is 0.315 e. The van der Waals surface area contributed by atoms with E-state index in [9.17, 15) is 0 Å². The maximum absolute atomic E-state index is 6.05. The molecule has 3 rings (SSSR count). The molecule has 0 aliphatic carbocycles. The molecular formula is C12H14ClN3. The molecule has 84 valence electrons. The lowest BCUT2D eigenvalue weighted by atomic mass is 10.2. The maximum atomic E-state index is 6.05. The van der Waals surface area contributed by atoms with Crippen molar-refractivity contribution in [3.05, 3.63) is 28.9 Å². The first-order chi connectivity index (χ1) is 7.75. The van der Waals surface area contributed by atoms with E-state index < -0.39 is 0 Å². The second kappa shape index (κ2) is 3.75. The number of aryl methyl sites for hydroxylation is 1. The van der Waals surface area contributed by atoms with Gasteiger partial charge in [0.2, 0.25) is 0 Å². The van der Waals surface area contributed by atoms with Crippen molar-refractivity contribution in [1.29, 1.82) is 0 Å². The molecule has 1 aliphatic rings. The van der Waals surface area contributed by atoms with Crippen molar-refractivity contribution in [3.8, 4) is 0 Å². The van der Waals surface area contributed by atoms with Gasteiger partial charge >= 0.3 is 0 Å². The van der Waals surface area contributed by atoms with Crippen LogP contribution in [-0.4, -0.2) is 22.9 Å². The summed E-state index contributed by atoms with van der Waals surface area (Å²) in [6.45, 7) is 4.13. The zero-order valence-corrected chi connectivity index (χ0v) is 9.96. The lowest BCUT2D eigenvalue weighted by Gasteiger charge is -2.10. The van der Waals surface area contributed by atoms with Gasteiger partial charge in [0.25, 0.3) is 0 Å². The van der Waals surface area contributed by atoms with E-state index in [0.29, 0.717) is 6.04 Å². The summed E-state index contributed by atoms with van der Waals surface area (Å²) in [5.74, 6) is 0. The summed E-state index contributed by atoms with van der Waals surface area (Å²) in [6, 6.07) is 6.46. The number of benzene rings is 1. The van der Waals surface area contributed by atoms with Crippen molar-refractivity contribution in [2.45, 2.75) is 19.4 Å². The summed E-state index contributed by atoms with van der Waals surface area (Å²) >= 11 is 6.05. The molecule has 1 fully saturated rings. The van der Waals surface area contributed by atoms with Crippen LogP contribution in [0.3, 0.4) is 0 Å². The lowest BCUT2D eigenvalue weighted by molar-refractivity contribution is 0.503. The quantitative estimate of drug-likeness (QED) is 0.823. The minimum Gasteiger partial charge on any atom is -0.315 e. The van der Waals surface area contributed by atoms with Gasteiger partial charge in [-0.2, -0.15) is 5.10 Å². The molecular weight excluding hydrogens is 222 g/mol. The highest BCUT2D eigenvalue weighted by Gasteiger charge is 2.20. The van der Waals surface area contributed by atoms with Gasteiger partial charge in [-0.25, -0.2) is 0 Å². The van der Waals surface area contributed by atoms with Crippen molar-refractivity contribution in [2.24, 2.45) is 0 Å². The van der Waals surface area contributed by atoms with Crippen LogP contribution in [0, 0.1) is 6.92 Å². The first-order valence-electron chi connectivity index (χ1n) is 5.61. The molecule has 1 atom stereocenters. The molecule has 0 amide bonds. The average Bonchev–Trinajstić information content (AvgIpc) is 2.86. The van der Waals surface area contributed by atoms with Crippen LogP contribution in [0.25, 0.3) is 10.9 Å². The van der Waals surface area contributed by atoms with Gasteiger partial charge < -0.3 is 5.32 Å². The van der Waals surface area contributed by atoms with Gasteiger partial charge in [0, 0.05) is 17.0 Å². The Kier molecular flexibility index (Phi) is 2.37. The summed E-state index contributed by atoms with van der Waals surface area (Å²) in [5, 5.41) is 9.98. The fourth-order valence-corrected chi connectivity index (χ4v) is 2.56. The standard InChI is InChI=1S/C12H14ClN3/c1-8-11-3-2-9(13)6-12(11)16(15-8)10-4-5-14-7-10/h2-3,6,10,14H,4-5,7H2,1H3. The Morgan fingerprint density at radius 1 is 1.50 bits per heavy atom. The Morgan fingerprint density at radius 2 is 2.38 bits per heavy atom. The third kappa shape index (κ3) is 1.51. The number of nitrogens with one attached hydrogen (secondary N) is 1. The summed E-state index contributed by atoms with van der Waals surface area (Å²) in [7, 11) is 0. The van der Waals surface area contributed by atoms with Crippen molar-refractivity contribution < 1.29 is 0 Å². The summed E-state index contributed by atoms with van der Waals surface area (Å²) in [6.07, 6.45) is 1.14. The minimum atomic E-state index is 0.467. The van der Waals surface area contributed by atoms with Crippen molar-refractivity contribution in [2.75, 3.05) is 13.1 Å². The molecule has 3 nitrogen and oxygen atoms in total. The number of hydrogen-bond acceptors (Lipinski definition) is 2. The molecule has 1 saturated heterocycles. The molecule has 0 radical (unpaired) electrons. The van der Waals surface area contributed by atoms with Crippen molar-refractivity contribution in [1.82, 2.24) is 15.1 Å². The predicted octanol–water partition coefficient (Wildman–Crippen LogP) is 2.53. The third-order valence-electron chi connectivity index (χ3n) is 3.23. The zero-order chi connectivity index (χ0) is 11.1. The van der Waals surface area contributed by atoms with E-state index in [1.807, 2.05) is 12.1 Å². The normalized spacial score (nSPS) is 20.8. The Balaban J connectivity index is 2.19. The maximum Gasteiger partial charge on any atom is 0.0703 e. The molecule has 0 spiro atoms. The van der Waals surface area contributed by atoms with E-state index in [0.717, 1.165) is 35.7 Å². The van der Waals surface area contributed by atoms with Crippen LogP contribution < -0.4 is 5.32 Å². The first-order valence-corrected chi connectivity index (χ1v) is 5.98. The Labute approximate surface area is 99.4 Å². The van der Waals surface area contributed by atoms with Crippen LogP contribution in [0.1, 0.15) is 18.2 Å². The van der Waals surface area contributed by atoms with E-state index in [2.05, 4.69) is 28.1 Å². The first kappa shape index (κ1) is 10.1. The molecule has 0 bridgehead atoms. The van der Waals surface area contributed by atoms with Crippen LogP contribution in [0.15, 0.2) is 18.2 Å². The van der Waals surface area contributed by atoms with Crippen LogP contribution in [-0.2, 0) is 0 Å². The Hall–Kier alpha value is -1.06. The molecule has 1 aromatic heterocycles. The summed E-state index contributed by atoms with van der Waals surface area (Å²) in [5.41, 5.74) is 2.23. The molecule has 4 heteroatoms. The topological polar surface area (TPSA) is 29.9 Å². The second-order valence-electron chi connectivity index (χ2n) is 4.34. The number of halogens is 1. The van der Waals surface area contributed by atoms with Gasteiger partial charge in [-0.15, -0.1) is 0 Å². The fourth-order valence-electron chi connectivity index (χ4n) is 2.40. The van der Waals surface area contributed by atoms with Crippen LogP contribution in [0.4, 0.5) is 0 Å². The summed E-state index contributed by atoms with van der Waals surface area (Å²) in [4.78, 5) is 0. The third-order valence-corrected chi connectivity index (χ3v) is 3.47. The predicted molar refractivity (Wildman–Crippen MR) is 66.0 cm³/mol. The van der Waals surface area contributed by atoms with E-state index in [4.69, 9.17) is 11.6 Å². The van der Waals surface area contributed by atoms with Gasteiger partial charge in [0.05, 0.1) is 17.3 Å². The van der Waals surface area contributed by atoms with Crippen molar-refractivity contribution in [3.63, 3.8) is 0 Å². The lowest BCUT2D eigenvalue weighted by Crippen LogP contribution is -2.14. The van der Waals surface area contributed by atoms with Gasteiger partial charge in [-0.3, -0.25) is 4.68 Å². The van der Waals surface area contributed by atoms with Crippen LogP contribution in [0.2, 0.25) is 5.02 Å². The van der Waals surface area contributed by atoms with E-state index in [-0.39, 0.29) is 0 Å². The Morgan fingerprint density at radius 3 is 3.12 bits per heavy atom. The molecule has 0 saturated carbocycles. The number of rotatable bonds is 1. The van der Waals surface area contributed by atoms with Gasteiger partial charge in [0.1, 0.15) is 0 Å². The second-order valence-corrected chi connectivity index (χ2v) is 4.77. The summed E-state index contributed by atoms with van der Waals surface area (Å²) < 4.78 is 2.12. The van der Waals surface area contributed by atoms with Crippen LogP contribution >= 0.6 is 11.6 Å². The number of aromatic nitrogens is 2. The smallest absolute Gasteiger partial charge is 0.0703 e. The van der Waals surface area contributed by atoms with E-state index in [1.165, 1.54) is 5.39 Å². The number of nitrogens with zero attached hydrogens (tertiary/aromatic N) is 2.